The predicted molar refractivity (Wildman–Crippen MR) is 123 cm³/mol. The van der Waals surface area contributed by atoms with Gasteiger partial charge in [-0.25, -0.2) is 0 Å². The molecule has 2 aliphatic rings. The average Bonchev–Trinajstić information content (AvgIpc) is 3.48. The van der Waals surface area contributed by atoms with E-state index in [1.54, 1.807) is 23.3 Å². The number of hydrogen-bond acceptors (Lipinski definition) is 4. The van der Waals surface area contributed by atoms with Gasteiger partial charge in [0, 0.05) is 31.0 Å². The zero-order valence-electron chi connectivity index (χ0n) is 18.5. The number of methoxy groups -OCH3 is 1. The van der Waals surface area contributed by atoms with Crippen molar-refractivity contribution < 1.29 is 14.3 Å². The van der Waals surface area contributed by atoms with Crippen LogP contribution in [0.5, 0.6) is 0 Å². The van der Waals surface area contributed by atoms with E-state index < -0.39 is 0 Å². The number of aryl methyl sites for hydroxylation is 1. The van der Waals surface area contributed by atoms with Crippen LogP contribution in [0.15, 0.2) is 35.7 Å². The fraction of sp³-hybridized carbons (Fsp3) is 0.520. The maximum Gasteiger partial charge on any atom is 0.242 e. The molecule has 0 saturated heterocycles. The minimum Gasteiger partial charge on any atom is -0.383 e. The Kier molecular flexibility index (Phi) is 7.08. The number of fused-ring (bicyclic) bond motifs is 1. The average molecular weight is 441 g/mol. The molecule has 2 aromatic rings. The van der Waals surface area contributed by atoms with Crippen LogP contribution < -0.4 is 0 Å². The van der Waals surface area contributed by atoms with Gasteiger partial charge in [-0.05, 0) is 48.8 Å². The van der Waals surface area contributed by atoms with Gasteiger partial charge in [0.05, 0.1) is 19.2 Å². The molecule has 1 aliphatic heterocycles. The van der Waals surface area contributed by atoms with Crippen LogP contribution in [0.3, 0.4) is 0 Å². The second-order valence-corrected chi connectivity index (χ2v) is 9.68. The Morgan fingerprint density at radius 1 is 1.16 bits per heavy atom. The molecule has 5 nitrogen and oxygen atoms in total. The molecule has 31 heavy (non-hydrogen) atoms. The van der Waals surface area contributed by atoms with Gasteiger partial charge in [0.15, 0.2) is 0 Å². The number of ether oxygens (including phenoxy) is 1. The summed E-state index contributed by atoms with van der Waals surface area (Å²) in [7, 11) is 1.64. The van der Waals surface area contributed by atoms with Crippen molar-refractivity contribution in [1.82, 2.24) is 9.80 Å². The highest BCUT2D eigenvalue weighted by Crippen LogP contribution is 2.38. The van der Waals surface area contributed by atoms with Crippen LogP contribution in [0.4, 0.5) is 0 Å². The molecule has 1 atom stereocenters. The van der Waals surface area contributed by atoms with Gasteiger partial charge in [-0.15, -0.1) is 11.3 Å². The molecule has 6 heteroatoms. The fourth-order valence-electron chi connectivity index (χ4n) is 4.85. The van der Waals surface area contributed by atoms with Crippen molar-refractivity contribution in [3.63, 3.8) is 0 Å². The highest BCUT2D eigenvalue weighted by atomic mass is 32.1. The highest BCUT2D eigenvalue weighted by molar-refractivity contribution is 7.10. The summed E-state index contributed by atoms with van der Waals surface area (Å²) < 4.78 is 5.23. The molecule has 2 amide bonds. The van der Waals surface area contributed by atoms with Gasteiger partial charge in [0.25, 0.3) is 0 Å². The minimum absolute atomic E-state index is 0.0184. The van der Waals surface area contributed by atoms with Gasteiger partial charge in [-0.3, -0.25) is 9.59 Å². The SMILES string of the molecule is COCCN(CC(=O)N1CCc2sccc2C1c1ccc(C)cc1)C(=O)C1CCCC1. The summed E-state index contributed by atoms with van der Waals surface area (Å²) in [6.07, 6.45) is 4.95. The second kappa shape index (κ2) is 9.96. The van der Waals surface area contributed by atoms with E-state index >= 15 is 0 Å². The lowest BCUT2D eigenvalue weighted by Crippen LogP contribution is -2.48. The first-order chi connectivity index (χ1) is 15.1. The summed E-state index contributed by atoms with van der Waals surface area (Å²) in [5.41, 5.74) is 3.55. The third-order valence-electron chi connectivity index (χ3n) is 6.59. The maximum absolute atomic E-state index is 13.6. The number of carbonyl (C=O) groups is 2. The summed E-state index contributed by atoms with van der Waals surface area (Å²) in [6, 6.07) is 10.5. The first-order valence-corrected chi connectivity index (χ1v) is 12.2. The Hall–Kier alpha value is -2.18. The Bertz CT molecular complexity index is 902. The van der Waals surface area contributed by atoms with Crippen LogP contribution in [-0.4, -0.2) is 55.0 Å². The standard InChI is InChI=1S/C25H32N2O3S/c1-18-7-9-19(10-8-18)24-21-12-16-31-22(21)11-13-27(24)23(28)17-26(14-15-30-2)25(29)20-5-3-4-6-20/h7-10,12,16,20,24H,3-6,11,13-15,17H2,1-2H3. The van der Waals surface area contributed by atoms with E-state index in [0.717, 1.165) is 37.7 Å². The Morgan fingerprint density at radius 2 is 1.90 bits per heavy atom. The molecule has 0 N–H and O–H groups in total. The van der Waals surface area contributed by atoms with Gasteiger partial charge in [0.2, 0.25) is 11.8 Å². The van der Waals surface area contributed by atoms with Crippen LogP contribution in [0, 0.1) is 12.8 Å². The molecular weight excluding hydrogens is 408 g/mol. The molecule has 0 radical (unpaired) electrons. The van der Waals surface area contributed by atoms with Crippen molar-refractivity contribution in [3.8, 4) is 0 Å². The Balaban J connectivity index is 1.57. The molecule has 1 unspecified atom stereocenters. The molecule has 1 fully saturated rings. The van der Waals surface area contributed by atoms with Crippen molar-refractivity contribution >= 4 is 23.2 Å². The lowest BCUT2D eigenvalue weighted by atomic mass is 9.92. The molecule has 1 saturated carbocycles. The lowest BCUT2D eigenvalue weighted by Gasteiger charge is -2.38. The molecule has 1 aliphatic carbocycles. The third kappa shape index (κ3) is 4.85. The Morgan fingerprint density at radius 3 is 2.61 bits per heavy atom. The summed E-state index contributed by atoms with van der Waals surface area (Å²) >= 11 is 1.77. The number of hydrogen-bond donors (Lipinski definition) is 0. The first kappa shape index (κ1) is 22.0. The van der Waals surface area contributed by atoms with E-state index in [0.29, 0.717) is 19.7 Å². The molecule has 0 bridgehead atoms. The van der Waals surface area contributed by atoms with Gasteiger partial charge in [-0.2, -0.15) is 0 Å². The van der Waals surface area contributed by atoms with Crippen LogP contribution in [0.2, 0.25) is 0 Å². The van der Waals surface area contributed by atoms with E-state index in [1.807, 2.05) is 4.90 Å². The van der Waals surface area contributed by atoms with Crippen molar-refractivity contribution in [2.75, 3.05) is 33.4 Å². The third-order valence-corrected chi connectivity index (χ3v) is 7.58. The predicted octanol–water partition coefficient (Wildman–Crippen LogP) is 4.20. The normalized spacial score (nSPS) is 18.8. The number of thiophene rings is 1. The van der Waals surface area contributed by atoms with Crippen molar-refractivity contribution in [1.29, 1.82) is 0 Å². The molecule has 1 aromatic heterocycles. The molecule has 166 valence electrons. The summed E-state index contributed by atoms with van der Waals surface area (Å²) in [4.78, 5) is 31.7. The molecule has 0 spiro atoms. The van der Waals surface area contributed by atoms with Crippen LogP contribution >= 0.6 is 11.3 Å². The molecular formula is C25H32N2O3S. The maximum atomic E-state index is 13.6. The van der Waals surface area contributed by atoms with E-state index in [9.17, 15) is 9.59 Å². The number of amides is 2. The quantitative estimate of drug-likeness (QED) is 0.649. The Labute approximate surface area is 189 Å². The lowest BCUT2D eigenvalue weighted by molar-refractivity contribution is -0.144. The molecule has 4 rings (SSSR count). The van der Waals surface area contributed by atoms with E-state index in [1.165, 1.54) is 16.0 Å². The van der Waals surface area contributed by atoms with Gasteiger partial charge in [-0.1, -0.05) is 42.7 Å². The van der Waals surface area contributed by atoms with Gasteiger partial charge in [0.1, 0.15) is 0 Å². The van der Waals surface area contributed by atoms with E-state index in [2.05, 4.69) is 42.6 Å². The fourth-order valence-corrected chi connectivity index (χ4v) is 5.75. The van der Waals surface area contributed by atoms with Crippen LogP contribution in [0.1, 0.15) is 53.3 Å². The van der Waals surface area contributed by atoms with Crippen LogP contribution in [-0.2, 0) is 20.7 Å². The number of rotatable bonds is 7. The first-order valence-electron chi connectivity index (χ1n) is 11.3. The topological polar surface area (TPSA) is 49.9 Å². The summed E-state index contributed by atoms with van der Waals surface area (Å²) in [5.74, 6) is 0.190. The van der Waals surface area contributed by atoms with E-state index in [-0.39, 0.29) is 30.3 Å². The van der Waals surface area contributed by atoms with Crippen molar-refractivity contribution in [3.05, 3.63) is 57.3 Å². The highest BCUT2D eigenvalue weighted by Gasteiger charge is 2.35. The zero-order chi connectivity index (χ0) is 21.8. The van der Waals surface area contributed by atoms with Crippen LogP contribution in [0.25, 0.3) is 0 Å². The number of carbonyl (C=O) groups excluding carboxylic acids is 2. The number of benzene rings is 1. The molecule has 1 aromatic carbocycles. The second-order valence-electron chi connectivity index (χ2n) is 8.68. The van der Waals surface area contributed by atoms with E-state index in [4.69, 9.17) is 4.74 Å². The van der Waals surface area contributed by atoms with Gasteiger partial charge < -0.3 is 14.5 Å². The summed E-state index contributed by atoms with van der Waals surface area (Å²) in [5, 5.41) is 2.12. The largest absolute Gasteiger partial charge is 0.383 e. The monoisotopic (exact) mass is 440 g/mol. The van der Waals surface area contributed by atoms with Gasteiger partial charge >= 0.3 is 0 Å². The molecule has 2 heterocycles. The minimum atomic E-state index is -0.0889. The number of nitrogens with zero attached hydrogens (tertiary/aromatic N) is 2. The zero-order valence-corrected chi connectivity index (χ0v) is 19.3. The van der Waals surface area contributed by atoms with Crippen molar-refractivity contribution in [2.45, 2.75) is 45.1 Å². The summed E-state index contributed by atoms with van der Waals surface area (Å²) in [6.45, 7) is 3.79. The van der Waals surface area contributed by atoms with Crippen molar-refractivity contribution in [2.24, 2.45) is 5.92 Å². The smallest absolute Gasteiger partial charge is 0.242 e.